The molecule has 0 atom stereocenters. The van der Waals surface area contributed by atoms with E-state index in [1.165, 1.54) is 19.3 Å². The molecule has 0 saturated heterocycles. The number of ketones is 1. The quantitative estimate of drug-likeness (QED) is 0.713. The lowest BCUT2D eigenvalue weighted by molar-refractivity contribution is -0.121. The summed E-state index contributed by atoms with van der Waals surface area (Å²) in [4.78, 5) is 39.3. The van der Waals surface area contributed by atoms with Gasteiger partial charge in [0.05, 0.1) is 6.54 Å². The van der Waals surface area contributed by atoms with Gasteiger partial charge in [-0.2, -0.15) is 0 Å². The van der Waals surface area contributed by atoms with Crippen molar-refractivity contribution in [2.75, 3.05) is 13.6 Å². The smallest absolute Gasteiger partial charge is 0.254 e. The number of hydrogen-bond acceptors (Lipinski definition) is 3. The standard InChI is InChI=1S/C25H30N2O3/c1-26-24(29)21-14-12-20(13-15-21)17-27(25(30)22-10-6-3-7-11-22)18-23(28)16-19-8-4-2-5-9-19/h3,6-7,10-15,19H,2,4-5,8-9,16-18H2,1H3,(H,26,29). The number of Topliss-reactive ketones (excluding diaryl/α,β-unsaturated/α-hetero) is 1. The minimum absolute atomic E-state index is 0.113. The van der Waals surface area contributed by atoms with Crippen molar-refractivity contribution in [3.8, 4) is 0 Å². The molecular formula is C25H30N2O3. The van der Waals surface area contributed by atoms with E-state index >= 15 is 0 Å². The highest BCUT2D eigenvalue weighted by molar-refractivity contribution is 5.97. The monoisotopic (exact) mass is 406 g/mol. The van der Waals surface area contributed by atoms with E-state index in [2.05, 4.69) is 5.32 Å². The molecule has 1 saturated carbocycles. The van der Waals surface area contributed by atoms with E-state index in [-0.39, 0.29) is 24.1 Å². The highest BCUT2D eigenvalue weighted by Gasteiger charge is 2.22. The molecule has 1 fully saturated rings. The van der Waals surface area contributed by atoms with E-state index in [0.29, 0.717) is 30.0 Å². The van der Waals surface area contributed by atoms with Crippen LogP contribution < -0.4 is 5.32 Å². The van der Waals surface area contributed by atoms with Gasteiger partial charge in [-0.05, 0) is 35.7 Å². The third kappa shape index (κ3) is 6.02. The van der Waals surface area contributed by atoms with Crippen molar-refractivity contribution in [3.63, 3.8) is 0 Å². The zero-order valence-electron chi connectivity index (χ0n) is 17.6. The van der Waals surface area contributed by atoms with Gasteiger partial charge in [0.25, 0.3) is 11.8 Å². The molecule has 0 spiro atoms. The molecule has 2 aromatic carbocycles. The molecule has 0 aliphatic heterocycles. The van der Waals surface area contributed by atoms with Crippen LogP contribution in [0.1, 0.15) is 64.8 Å². The first-order chi connectivity index (χ1) is 14.6. The number of nitrogens with one attached hydrogen (secondary N) is 1. The molecule has 0 aromatic heterocycles. The lowest BCUT2D eigenvalue weighted by Gasteiger charge is -2.25. The second kappa shape index (κ2) is 10.7. The van der Waals surface area contributed by atoms with Crippen molar-refractivity contribution in [2.24, 2.45) is 5.92 Å². The van der Waals surface area contributed by atoms with Crippen molar-refractivity contribution in [3.05, 3.63) is 71.3 Å². The van der Waals surface area contributed by atoms with Gasteiger partial charge < -0.3 is 10.2 Å². The zero-order chi connectivity index (χ0) is 21.3. The predicted octanol–water partition coefficient (Wildman–Crippen LogP) is 4.23. The van der Waals surface area contributed by atoms with Crippen LogP contribution in [0.3, 0.4) is 0 Å². The normalized spacial score (nSPS) is 14.2. The third-order valence-corrected chi connectivity index (χ3v) is 5.73. The maximum absolute atomic E-state index is 13.1. The molecule has 2 amide bonds. The summed E-state index contributed by atoms with van der Waals surface area (Å²) in [7, 11) is 1.59. The van der Waals surface area contributed by atoms with E-state index in [9.17, 15) is 14.4 Å². The minimum atomic E-state index is -0.151. The van der Waals surface area contributed by atoms with Gasteiger partial charge in [0.2, 0.25) is 0 Å². The van der Waals surface area contributed by atoms with E-state index in [1.807, 2.05) is 30.3 Å². The number of benzene rings is 2. The lowest BCUT2D eigenvalue weighted by atomic mass is 9.86. The molecular weight excluding hydrogens is 376 g/mol. The molecule has 0 unspecified atom stereocenters. The van der Waals surface area contributed by atoms with Gasteiger partial charge in [0, 0.05) is 31.1 Å². The third-order valence-electron chi connectivity index (χ3n) is 5.73. The topological polar surface area (TPSA) is 66.5 Å². The number of nitrogens with zero attached hydrogens (tertiary/aromatic N) is 1. The van der Waals surface area contributed by atoms with Crippen molar-refractivity contribution < 1.29 is 14.4 Å². The number of rotatable bonds is 8. The fourth-order valence-corrected chi connectivity index (χ4v) is 4.08. The van der Waals surface area contributed by atoms with Crippen LogP contribution in [0.4, 0.5) is 0 Å². The molecule has 1 N–H and O–H groups in total. The molecule has 0 radical (unpaired) electrons. The largest absolute Gasteiger partial charge is 0.355 e. The Hall–Kier alpha value is -2.95. The van der Waals surface area contributed by atoms with Crippen LogP contribution in [-0.2, 0) is 11.3 Å². The van der Waals surface area contributed by atoms with Crippen molar-refractivity contribution in [2.45, 2.75) is 45.1 Å². The Balaban J connectivity index is 1.72. The molecule has 158 valence electrons. The first-order valence-electron chi connectivity index (χ1n) is 10.7. The van der Waals surface area contributed by atoms with Gasteiger partial charge in [-0.1, -0.05) is 62.4 Å². The fraction of sp³-hybridized carbons (Fsp3) is 0.400. The van der Waals surface area contributed by atoms with Crippen LogP contribution in [0, 0.1) is 5.92 Å². The molecule has 1 aliphatic rings. The zero-order valence-corrected chi connectivity index (χ0v) is 17.6. The average molecular weight is 407 g/mol. The Bertz CT molecular complexity index is 856. The Morgan fingerprint density at radius 1 is 0.900 bits per heavy atom. The van der Waals surface area contributed by atoms with Crippen LogP contribution in [0.15, 0.2) is 54.6 Å². The van der Waals surface area contributed by atoms with Gasteiger partial charge in [0.1, 0.15) is 0 Å². The summed E-state index contributed by atoms with van der Waals surface area (Å²) in [6.45, 7) is 0.444. The van der Waals surface area contributed by atoms with Crippen molar-refractivity contribution in [1.82, 2.24) is 10.2 Å². The fourth-order valence-electron chi connectivity index (χ4n) is 4.08. The number of carbonyl (C=O) groups excluding carboxylic acids is 3. The van der Waals surface area contributed by atoms with Gasteiger partial charge in [-0.15, -0.1) is 0 Å². The summed E-state index contributed by atoms with van der Waals surface area (Å²) in [5.74, 6) is 0.268. The molecule has 0 bridgehead atoms. The molecule has 30 heavy (non-hydrogen) atoms. The molecule has 3 rings (SSSR count). The Morgan fingerprint density at radius 2 is 1.57 bits per heavy atom. The maximum Gasteiger partial charge on any atom is 0.254 e. The highest BCUT2D eigenvalue weighted by Crippen LogP contribution is 2.26. The van der Waals surface area contributed by atoms with Crippen LogP contribution >= 0.6 is 0 Å². The molecule has 2 aromatic rings. The Morgan fingerprint density at radius 3 is 2.20 bits per heavy atom. The minimum Gasteiger partial charge on any atom is -0.355 e. The SMILES string of the molecule is CNC(=O)c1ccc(CN(CC(=O)CC2CCCCC2)C(=O)c2ccccc2)cc1. The highest BCUT2D eigenvalue weighted by atomic mass is 16.2. The van der Waals surface area contributed by atoms with E-state index < -0.39 is 0 Å². The van der Waals surface area contributed by atoms with Crippen LogP contribution in [0.5, 0.6) is 0 Å². The summed E-state index contributed by atoms with van der Waals surface area (Å²) < 4.78 is 0. The van der Waals surface area contributed by atoms with E-state index in [0.717, 1.165) is 18.4 Å². The van der Waals surface area contributed by atoms with Crippen molar-refractivity contribution >= 4 is 17.6 Å². The Kier molecular flexibility index (Phi) is 7.77. The lowest BCUT2D eigenvalue weighted by Crippen LogP contribution is -2.36. The van der Waals surface area contributed by atoms with Crippen LogP contribution in [-0.4, -0.2) is 36.1 Å². The molecule has 1 aliphatic carbocycles. The van der Waals surface area contributed by atoms with E-state index in [1.54, 1.807) is 36.2 Å². The second-order valence-corrected chi connectivity index (χ2v) is 8.05. The summed E-state index contributed by atoms with van der Waals surface area (Å²) in [5, 5.41) is 2.60. The molecule has 5 heteroatoms. The van der Waals surface area contributed by atoms with Crippen LogP contribution in [0.25, 0.3) is 0 Å². The van der Waals surface area contributed by atoms with Crippen LogP contribution in [0.2, 0.25) is 0 Å². The summed E-state index contributed by atoms with van der Waals surface area (Å²) >= 11 is 0. The number of carbonyl (C=O) groups is 3. The summed E-state index contributed by atoms with van der Waals surface area (Å²) in [5.41, 5.74) is 2.03. The van der Waals surface area contributed by atoms with Gasteiger partial charge >= 0.3 is 0 Å². The van der Waals surface area contributed by atoms with Gasteiger partial charge in [-0.3, -0.25) is 14.4 Å². The summed E-state index contributed by atoms with van der Waals surface area (Å²) in [6, 6.07) is 16.2. The van der Waals surface area contributed by atoms with Crippen molar-refractivity contribution in [1.29, 1.82) is 0 Å². The Labute approximate surface area is 178 Å². The van der Waals surface area contributed by atoms with Gasteiger partial charge in [0.15, 0.2) is 5.78 Å². The average Bonchev–Trinajstić information content (AvgIpc) is 2.79. The first kappa shape index (κ1) is 21.8. The van der Waals surface area contributed by atoms with Gasteiger partial charge in [-0.25, -0.2) is 0 Å². The maximum atomic E-state index is 13.1. The molecule has 5 nitrogen and oxygen atoms in total. The number of hydrogen-bond donors (Lipinski definition) is 1. The number of amides is 2. The first-order valence-corrected chi connectivity index (χ1v) is 10.7. The summed E-state index contributed by atoms with van der Waals surface area (Å²) in [6.07, 6.45) is 6.42. The second-order valence-electron chi connectivity index (χ2n) is 8.05. The molecule has 0 heterocycles. The van der Waals surface area contributed by atoms with E-state index in [4.69, 9.17) is 0 Å². The predicted molar refractivity (Wildman–Crippen MR) is 117 cm³/mol.